The predicted octanol–water partition coefficient (Wildman–Crippen LogP) is 4.61. The number of rotatable bonds is 8. The largest absolute Gasteiger partial charge is 0.449 e. The van der Waals surface area contributed by atoms with Crippen molar-refractivity contribution >= 4 is 34.2 Å². The third-order valence-electron chi connectivity index (χ3n) is 4.68. The van der Waals surface area contributed by atoms with Crippen molar-refractivity contribution in [3.8, 4) is 0 Å². The summed E-state index contributed by atoms with van der Waals surface area (Å²) in [5.74, 6) is 0.860. The second-order valence-corrected chi connectivity index (χ2v) is 7.27. The van der Waals surface area contributed by atoms with E-state index in [1.54, 1.807) is 0 Å². The van der Waals surface area contributed by atoms with Crippen molar-refractivity contribution in [2.45, 2.75) is 26.3 Å². The van der Waals surface area contributed by atoms with E-state index in [9.17, 15) is 4.79 Å². The summed E-state index contributed by atoms with van der Waals surface area (Å²) >= 11 is 0. The monoisotopic (exact) mass is 395 g/mol. The van der Waals surface area contributed by atoms with Gasteiger partial charge in [0.05, 0.1) is 35.6 Å². The number of ether oxygens (including phenoxy) is 1. The summed E-state index contributed by atoms with van der Waals surface area (Å²) < 4.78 is 5.24. The Morgan fingerprint density at radius 3 is 2.62 bits per heavy atom. The molecule has 0 aliphatic heterocycles. The summed E-state index contributed by atoms with van der Waals surface area (Å²) in [5, 5.41) is 2.86. The van der Waals surface area contributed by atoms with E-state index in [0.29, 0.717) is 18.8 Å². The Balaban J connectivity index is 1.81. The van der Waals surface area contributed by atoms with Crippen molar-refractivity contribution in [1.82, 2.24) is 9.97 Å². The van der Waals surface area contributed by atoms with Crippen LogP contribution in [0.3, 0.4) is 0 Å². The van der Waals surface area contributed by atoms with Crippen LogP contribution in [0.2, 0.25) is 0 Å². The zero-order valence-corrected chi connectivity index (χ0v) is 17.5. The van der Waals surface area contributed by atoms with E-state index in [0.717, 1.165) is 41.1 Å². The van der Waals surface area contributed by atoms with Crippen molar-refractivity contribution in [1.29, 1.82) is 0 Å². The molecule has 3 aromatic rings. The van der Waals surface area contributed by atoms with Crippen LogP contribution in [-0.2, 0) is 11.3 Å². The van der Waals surface area contributed by atoms with Gasteiger partial charge < -0.3 is 19.5 Å². The number of unbranched alkanes of at least 4 members (excludes halogenated alkanes) is 1. The summed E-state index contributed by atoms with van der Waals surface area (Å²) in [5.41, 5.74) is 4.42. The first-order chi connectivity index (χ1) is 14.0. The second kappa shape index (κ2) is 9.32. The topological polar surface area (TPSA) is 73.5 Å². The molecule has 154 valence electrons. The Morgan fingerprint density at radius 2 is 1.93 bits per heavy atom. The summed E-state index contributed by atoms with van der Waals surface area (Å²) in [6.45, 7) is 3.13. The molecule has 7 heteroatoms. The molecule has 0 radical (unpaired) electrons. The second-order valence-electron chi connectivity index (χ2n) is 7.27. The lowest BCUT2D eigenvalue weighted by atomic mass is 10.2. The molecule has 1 amide bonds. The quantitative estimate of drug-likeness (QED) is 0.545. The van der Waals surface area contributed by atoms with E-state index in [4.69, 9.17) is 9.72 Å². The van der Waals surface area contributed by atoms with Crippen molar-refractivity contribution in [3.63, 3.8) is 0 Å². The standard InChI is InChI=1S/C22H29N5O2/c1-5-6-12-29-22(28)25-19-13-17-18(14-20(19)26(2)3)24-21(23-17)15-27(4)16-10-8-7-9-11-16/h7-11,13-14H,5-6,12,15H2,1-4H3,(H,23,24)(H,25,28). The highest BCUT2D eigenvalue weighted by Gasteiger charge is 2.14. The van der Waals surface area contributed by atoms with Crippen LogP contribution in [0.15, 0.2) is 42.5 Å². The SMILES string of the molecule is CCCCOC(=O)Nc1cc2[nH]c(CN(C)c3ccccc3)nc2cc1N(C)C. The molecular formula is C22H29N5O2. The Morgan fingerprint density at radius 1 is 1.17 bits per heavy atom. The maximum absolute atomic E-state index is 12.1. The molecule has 0 spiro atoms. The molecule has 29 heavy (non-hydrogen) atoms. The zero-order valence-electron chi connectivity index (χ0n) is 17.5. The minimum absolute atomic E-state index is 0.419. The molecule has 0 bridgehead atoms. The number of fused-ring (bicyclic) bond motifs is 1. The number of H-pyrrole nitrogens is 1. The van der Waals surface area contributed by atoms with Gasteiger partial charge >= 0.3 is 6.09 Å². The molecule has 2 N–H and O–H groups in total. The third-order valence-corrected chi connectivity index (χ3v) is 4.68. The Bertz CT molecular complexity index is 952. The number of aromatic nitrogens is 2. The summed E-state index contributed by atoms with van der Waals surface area (Å²) in [6.07, 6.45) is 1.40. The Labute approximate surface area is 171 Å². The number of aromatic amines is 1. The molecule has 1 aromatic heterocycles. The normalized spacial score (nSPS) is 10.8. The van der Waals surface area contributed by atoms with Gasteiger partial charge in [0.1, 0.15) is 5.82 Å². The molecule has 3 rings (SSSR count). The number of hydrogen-bond acceptors (Lipinski definition) is 5. The predicted molar refractivity (Wildman–Crippen MR) is 119 cm³/mol. The lowest BCUT2D eigenvalue weighted by Crippen LogP contribution is -2.18. The first-order valence-electron chi connectivity index (χ1n) is 9.88. The maximum Gasteiger partial charge on any atom is 0.411 e. The molecule has 0 saturated heterocycles. The average molecular weight is 396 g/mol. The van der Waals surface area contributed by atoms with Crippen molar-refractivity contribution in [2.75, 3.05) is 42.9 Å². The van der Waals surface area contributed by atoms with Gasteiger partial charge in [0, 0.05) is 26.8 Å². The number of nitrogens with one attached hydrogen (secondary N) is 2. The van der Waals surface area contributed by atoms with Crippen molar-refractivity contribution in [2.24, 2.45) is 0 Å². The minimum atomic E-state index is -0.440. The molecule has 0 aliphatic rings. The number of carbonyl (C=O) groups excluding carboxylic acids is 1. The summed E-state index contributed by atoms with van der Waals surface area (Å²) in [7, 11) is 5.91. The van der Waals surface area contributed by atoms with Gasteiger partial charge in [-0.25, -0.2) is 9.78 Å². The van der Waals surface area contributed by atoms with Gasteiger partial charge in [0.2, 0.25) is 0 Å². The number of amides is 1. The highest BCUT2D eigenvalue weighted by molar-refractivity contribution is 5.95. The van der Waals surface area contributed by atoms with E-state index < -0.39 is 6.09 Å². The fraction of sp³-hybridized carbons (Fsp3) is 0.364. The number of para-hydroxylation sites is 1. The molecule has 7 nitrogen and oxygen atoms in total. The van der Waals surface area contributed by atoms with E-state index in [1.807, 2.05) is 56.4 Å². The number of carbonyl (C=O) groups is 1. The van der Waals surface area contributed by atoms with Crippen molar-refractivity contribution in [3.05, 3.63) is 48.3 Å². The fourth-order valence-electron chi connectivity index (χ4n) is 3.10. The number of anilines is 3. The number of benzene rings is 2. The van der Waals surface area contributed by atoms with Gasteiger partial charge in [0.25, 0.3) is 0 Å². The fourth-order valence-corrected chi connectivity index (χ4v) is 3.10. The molecule has 1 heterocycles. The van der Waals surface area contributed by atoms with E-state index in [2.05, 4.69) is 34.3 Å². The molecule has 0 aliphatic carbocycles. The van der Waals surface area contributed by atoms with E-state index >= 15 is 0 Å². The molecule has 2 aromatic carbocycles. The Hall–Kier alpha value is -3.22. The average Bonchev–Trinajstić information content (AvgIpc) is 3.09. The number of imidazole rings is 1. The first kappa shape index (κ1) is 20.5. The van der Waals surface area contributed by atoms with Crippen LogP contribution in [0.25, 0.3) is 11.0 Å². The minimum Gasteiger partial charge on any atom is -0.449 e. The first-order valence-corrected chi connectivity index (χ1v) is 9.88. The van der Waals surface area contributed by atoms with Crippen LogP contribution < -0.4 is 15.1 Å². The number of nitrogens with zero attached hydrogens (tertiary/aromatic N) is 3. The van der Waals surface area contributed by atoms with Gasteiger partial charge in [0.15, 0.2) is 0 Å². The number of hydrogen-bond donors (Lipinski definition) is 2. The van der Waals surface area contributed by atoms with Crippen LogP contribution in [0.4, 0.5) is 21.9 Å². The van der Waals surface area contributed by atoms with E-state index in [-0.39, 0.29) is 0 Å². The van der Waals surface area contributed by atoms with Crippen LogP contribution in [0.5, 0.6) is 0 Å². The van der Waals surface area contributed by atoms with Crippen LogP contribution in [0.1, 0.15) is 25.6 Å². The van der Waals surface area contributed by atoms with Crippen LogP contribution >= 0.6 is 0 Å². The lowest BCUT2D eigenvalue weighted by molar-refractivity contribution is 0.160. The smallest absolute Gasteiger partial charge is 0.411 e. The highest BCUT2D eigenvalue weighted by Crippen LogP contribution is 2.30. The lowest BCUT2D eigenvalue weighted by Gasteiger charge is -2.18. The van der Waals surface area contributed by atoms with Gasteiger partial charge in [-0.05, 0) is 30.7 Å². The highest BCUT2D eigenvalue weighted by atomic mass is 16.5. The molecule has 0 fully saturated rings. The van der Waals surface area contributed by atoms with Gasteiger partial charge in [-0.2, -0.15) is 0 Å². The zero-order chi connectivity index (χ0) is 20.8. The summed E-state index contributed by atoms with van der Waals surface area (Å²) in [4.78, 5) is 24.3. The van der Waals surface area contributed by atoms with Crippen LogP contribution in [-0.4, -0.2) is 43.8 Å². The molecule has 0 saturated carbocycles. The molecule has 0 atom stereocenters. The summed E-state index contributed by atoms with van der Waals surface area (Å²) in [6, 6.07) is 14.1. The molecule has 0 unspecified atom stereocenters. The van der Waals surface area contributed by atoms with Gasteiger partial charge in [-0.15, -0.1) is 0 Å². The molecular weight excluding hydrogens is 366 g/mol. The van der Waals surface area contributed by atoms with Gasteiger partial charge in [-0.3, -0.25) is 5.32 Å². The Kier molecular flexibility index (Phi) is 6.59. The third kappa shape index (κ3) is 5.19. The maximum atomic E-state index is 12.1. The van der Waals surface area contributed by atoms with Gasteiger partial charge in [-0.1, -0.05) is 31.5 Å². The van der Waals surface area contributed by atoms with Crippen LogP contribution in [0, 0.1) is 0 Å². The van der Waals surface area contributed by atoms with Crippen molar-refractivity contribution < 1.29 is 9.53 Å². The van der Waals surface area contributed by atoms with E-state index in [1.165, 1.54) is 0 Å².